The van der Waals surface area contributed by atoms with Crippen molar-refractivity contribution in [2.45, 2.75) is 39.2 Å². The van der Waals surface area contributed by atoms with Crippen LogP contribution in [0.25, 0.3) is 10.8 Å². The van der Waals surface area contributed by atoms with Crippen molar-refractivity contribution in [3.63, 3.8) is 0 Å². The highest BCUT2D eigenvalue weighted by molar-refractivity contribution is 5.83. The van der Waals surface area contributed by atoms with E-state index in [2.05, 4.69) is 56.3 Å². The first-order valence-corrected chi connectivity index (χ1v) is 7.82. The molecule has 1 aliphatic rings. The summed E-state index contributed by atoms with van der Waals surface area (Å²) in [6.45, 7) is 4.66. The molecule has 4 unspecified atom stereocenters. The largest absolute Gasteiger partial charge is 0.388 e. The van der Waals surface area contributed by atoms with E-state index < -0.39 is 0 Å². The maximum atomic E-state index is 10.7. The second kappa shape index (κ2) is 5.57. The SMILES string of the molecule is CC1CCC(C(O)c2ccc3ccccc3c2)CC1C. The summed E-state index contributed by atoms with van der Waals surface area (Å²) in [6.07, 6.45) is 3.24. The first-order chi connectivity index (χ1) is 9.65. The Morgan fingerprint density at radius 3 is 2.45 bits per heavy atom. The summed E-state index contributed by atoms with van der Waals surface area (Å²) in [5.41, 5.74) is 1.08. The van der Waals surface area contributed by atoms with Crippen molar-refractivity contribution < 1.29 is 5.11 Å². The summed E-state index contributed by atoms with van der Waals surface area (Å²) in [5, 5.41) is 13.2. The lowest BCUT2D eigenvalue weighted by atomic mass is 9.73. The minimum Gasteiger partial charge on any atom is -0.388 e. The van der Waals surface area contributed by atoms with Gasteiger partial charge in [0.25, 0.3) is 0 Å². The molecule has 4 atom stereocenters. The zero-order valence-corrected chi connectivity index (χ0v) is 12.4. The quantitative estimate of drug-likeness (QED) is 0.817. The Morgan fingerprint density at radius 1 is 0.950 bits per heavy atom. The van der Waals surface area contributed by atoms with Gasteiger partial charge in [-0.15, -0.1) is 0 Å². The molecule has 0 heterocycles. The highest BCUT2D eigenvalue weighted by Crippen LogP contribution is 2.40. The van der Waals surface area contributed by atoms with Crippen molar-refractivity contribution in [2.24, 2.45) is 17.8 Å². The average molecular weight is 268 g/mol. The van der Waals surface area contributed by atoms with Crippen LogP contribution in [0.2, 0.25) is 0 Å². The minimum absolute atomic E-state index is 0.311. The number of fused-ring (bicyclic) bond motifs is 1. The van der Waals surface area contributed by atoms with Gasteiger partial charge in [-0.25, -0.2) is 0 Å². The van der Waals surface area contributed by atoms with Gasteiger partial charge in [0.15, 0.2) is 0 Å². The highest BCUT2D eigenvalue weighted by Gasteiger charge is 2.29. The summed E-state index contributed by atoms with van der Waals surface area (Å²) >= 11 is 0. The van der Waals surface area contributed by atoms with E-state index >= 15 is 0 Å². The van der Waals surface area contributed by atoms with Crippen molar-refractivity contribution in [1.82, 2.24) is 0 Å². The smallest absolute Gasteiger partial charge is 0.0818 e. The molecule has 1 heteroatoms. The van der Waals surface area contributed by atoms with Gasteiger partial charge in [0, 0.05) is 0 Å². The zero-order chi connectivity index (χ0) is 14.1. The van der Waals surface area contributed by atoms with Gasteiger partial charge in [0.1, 0.15) is 0 Å². The molecule has 0 radical (unpaired) electrons. The normalized spacial score (nSPS) is 28.4. The first-order valence-electron chi connectivity index (χ1n) is 7.82. The predicted molar refractivity (Wildman–Crippen MR) is 84.6 cm³/mol. The van der Waals surface area contributed by atoms with Gasteiger partial charge in [-0.3, -0.25) is 0 Å². The number of hydrogen-bond donors (Lipinski definition) is 1. The number of hydrogen-bond acceptors (Lipinski definition) is 1. The van der Waals surface area contributed by atoms with Crippen molar-refractivity contribution in [3.8, 4) is 0 Å². The third-order valence-electron chi connectivity index (χ3n) is 5.20. The topological polar surface area (TPSA) is 20.2 Å². The zero-order valence-electron chi connectivity index (χ0n) is 12.4. The molecule has 0 saturated heterocycles. The number of benzene rings is 2. The fourth-order valence-corrected chi connectivity index (χ4v) is 3.54. The molecule has 0 bridgehead atoms. The molecule has 1 nitrogen and oxygen atoms in total. The molecule has 3 rings (SSSR count). The summed E-state index contributed by atoms with van der Waals surface area (Å²) in [6, 6.07) is 14.7. The number of rotatable bonds is 2. The third kappa shape index (κ3) is 2.60. The molecule has 20 heavy (non-hydrogen) atoms. The van der Waals surface area contributed by atoms with E-state index in [1.165, 1.54) is 17.2 Å². The van der Waals surface area contributed by atoms with Gasteiger partial charge in [-0.2, -0.15) is 0 Å². The van der Waals surface area contributed by atoms with E-state index in [-0.39, 0.29) is 6.10 Å². The standard InChI is InChI=1S/C19H24O/c1-13-7-8-17(11-14(13)2)19(20)18-10-9-15-5-3-4-6-16(15)12-18/h3-6,9-10,12-14,17,19-20H,7-8,11H2,1-2H3. The van der Waals surface area contributed by atoms with Gasteiger partial charge >= 0.3 is 0 Å². The van der Waals surface area contributed by atoms with Crippen LogP contribution in [-0.4, -0.2) is 5.11 Å². The van der Waals surface area contributed by atoms with Crippen LogP contribution >= 0.6 is 0 Å². The van der Waals surface area contributed by atoms with Gasteiger partial charge in [-0.1, -0.05) is 56.7 Å². The first kappa shape index (κ1) is 13.6. The molecular weight excluding hydrogens is 244 g/mol. The van der Waals surface area contributed by atoms with Crippen LogP contribution in [0.15, 0.2) is 42.5 Å². The molecule has 1 fully saturated rings. The minimum atomic E-state index is -0.311. The Hall–Kier alpha value is -1.34. The molecule has 1 saturated carbocycles. The predicted octanol–water partition coefficient (Wildman–Crippen LogP) is 4.95. The number of aliphatic hydroxyl groups is 1. The molecule has 1 N–H and O–H groups in total. The van der Waals surface area contributed by atoms with E-state index in [0.717, 1.165) is 30.2 Å². The summed E-state index contributed by atoms with van der Waals surface area (Å²) < 4.78 is 0. The van der Waals surface area contributed by atoms with Crippen LogP contribution in [0.1, 0.15) is 44.8 Å². The van der Waals surface area contributed by atoms with Crippen LogP contribution in [0.3, 0.4) is 0 Å². The lowest BCUT2D eigenvalue weighted by Gasteiger charge is -2.34. The van der Waals surface area contributed by atoms with Gasteiger partial charge < -0.3 is 5.11 Å². The van der Waals surface area contributed by atoms with E-state index in [0.29, 0.717) is 5.92 Å². The Bertz CT molecular complexity index is 589. The van der Waals surface area contributed by atoms with Crippen LogP contribution in [0.4, 0.5) is 0 Å². The van der Waals surface area contributed by atoms with E-state index in [9.17, 15) is 5.11 Å². The summed E-state index contributed by atoms with van der Waals surface area (Å²) in [7, 11) is 0. The Balaban J connectivity index is 1.83. The van der Waals surface area contributed by atoms with E-state index in [4.69, 9.17) is 0 Å². The van der Waals surface area contributed by atoms with Crippen LogP contribution in [-0.2, 0) is 0 Å². The molecule has 0 aromatic heterocycles. The third-order valence-corrected chi connectivity index (χ3v) is 5.20. The van der Waals surface area contributed by atoms with E-state index in [1.807, 2.05) is 0 Å². The second-order valence-electron chi connectivity index (χ2n) is 6.58. The van der Waals surface area contributed by atoms with Crippen molar-refractivity contribution >= 4 is 10.8 Å². The summed E-state index contributed by atoms with van der Waals surface area (Å²) in [5.74, 6) is 1.95. The van der Waals surface area contributed by atoms with Gasteiger partial charge in [0.05, 0.1) is 6.10 Å². The van der Waals surface area contributed by atoms with Crippen LogP contribution in [0.5, 0.6) is 0 Å². The summed E-state index contributed by atoms with van der Waals surface area (Å²) in [4.78, 5) is 0. The highest BCUT2D eigenvalue weighted by atomic mass is 16.3. The second-order valence-corrected chi connectivity index (χ2v) is 6.58. The maximum Gasteiger partial charge on any atom is 0.0818 e. The molecule has 2 aromatic rings. The molecular formula is C19H24O. The molecule has 1 aliphatic carbocycles. The fraction of sp³-hybridized carbons (Fsp3) is 0.474. The maximum absolute atomic E-state index is 10.7. The van der Waals surface area contributed by atoms with Crippen LogP contribution < -0.4 is 0 Å². The molecule has 0 amide bonds. The monoisotopic (exact) mass is 268 g/mol. The van der Waals surface area contributed by atoms with Gasteiger partial charge in [-0.05, 0) is 53.0 Å². The fourth-order valence-electron chi connectivity index (χ4n) is 3.54. The lowest BCUT2D eigenvalue weighted by molar-refractivity contribution is 0.0562. The van der Waals surface area contributed by atoms with E-state index in [1.54, 1.807) is 0 Å². The Kier molecular flexibility index (Phi) is 3.80. The van der Waals surface area contributed by atoms with Crippen LogP contribution in [0, 0.1) is 17.8 Å². The molecule has 2 aromatic carbocycles. The Labute approximate surface area is 121 Å². The van der Waals surface area contributed by atoms with Crippen molar-refractivity contribution in [3.05, 3.63) is 48.0 Å². The number of aliphatic hydroxyl groups excluding tert-OH is 1. The molecule has 0 spiro atoms. The Morgan fingerprint density at radius 2 is 1.70 bits per heavy atom. The molecule has 106 valence electrons. The average Bonchev–Trinajstić information content (AvgIpc) is 2.49. The lowest BCUT2D eigenvalue weighted by Crippen LogP contribution is -2.25. The molecule has 0 aliphatic heterocycles. The van der Waals surface area contributed by atoms with Gasteiger partial charge in [0.2, 0.25) is 0 Å². The van der Waals surface area contributed by atoms with Crippen molar-refractivity contribution in [2.75, 3.05) is 0 Å². The van der Waals surface area contributed by atoms with Crippen molar-refractivity contribution in [1.29, 1.82) is 0 Å².